The van der Waals surface area contributed by atoms with E-state index in [0.29, 0.717) is 19.7 Å². The number of hydrogen-bond donors (Lipinski definition) is 0. The average molecular weight is 390 g/mol. The molecule has 0 aromatic carbocycles. The fourth-order valence-electron chi connectivity index (χ4n) is 3.05. The van der Waals surface area contributed by atoms with Gasteiger partial charge in [-0.2, -0.15) is 0 Å². The minimum absolute atomic E-state index is 0.235. The lowest BCUT2D eigenvalue weighted by atomic mass is 9.84. The van der Waals surface area contributed by atoms with E-state index in [1.54, 1.807) is 11.1 Å². The van der Waals surface area contributed by atoms with Crippen LogP contribution in [0, 0.1) is 0 Å². The minimum Gasteiger partial charge on any atom is -0.444 e. The van der Waals surface area contributed by atoms with Gasteiger partial charge in [-0.25, -0.2) is 4.79 Å². The fraction of sp³-hybridized carbons (Fsp3) is 0.700. The van der Waals surface area contributed by atoms with Crippen LogP contribution in [0.25, 0.3) is 0 Å². The van der Waals surface area contributed by atoms with Crippen molar-refractivity contribution in [1.29, 1.82) is 0 Å². The summed E-state index contributed by atoms with van der Waals surface area (Å²) in [5, 5.41) is 0. The summed E-state index contributed by atoms with van der Waals surface area (Å²) in [5.74, 6) is 0. The maximum atomic E-state index is 12.3. The number of carbonyl (C=O) groups excluding carboxylic acids is 1. The number of pyridine rings is 1. The molecule has 0 saturated carbocycles. The lowest BCUT2D eigenvalue weighted by molar-refractivity contribution is -0.0433. The van der Waals surface area contributed by atoms with Crippen molar-refractivity contribution in [3.05, 3.63) is 23.9 Å². The van der Waals surface area contributed by atoms with Crippen LogP contribution in [0.3, 0.4) is 0 Å². The summed E-state index contributed by atoms with van der Waals surface area (Å²) in [4.78, 5) is 18.6. The van der Waals surface area contributed by atoms with Crippen molar-refractivity contribution in [3.8, 4) is 0 Å². The van der Waals surface area contributed by atoms with Crippen molar-refractivity contribution in [2.75, 3.05) is 19.7 Å². The Hall–Kier alpha value is -1.64. The van der Waals surface area contributed by atoms with E-state index >= 15 is 0 Å². The molecule has 0 aliphatic carbocycles. The predicted molar refractivity (Wildman–Crippen MR) is 106 cm³/mol. The molecule has 28 heavy (non-hydrogen) atoms. The number of amides is 1. The summed E-state index contributed by atoms with van der Waals surface area (Å²) in [5.41, 5.74) is 0.309. The summed E-state index contributed by atoms with van der Waals surface area (Å²) in [6, 6.07) is 3.85. The highest BCUT2D eigenvalue weighted by Gasteiger charge is 2.52. The van der Waals surface area contributed by atoms with Crippen LogP contribution in [0.4, 0.5) is 4.79 Å². The number of nitrogens with zero attached hydrogens (tertiary/aromatic N) is 2. The first-order valence-corrected chi connectivity index (χ1v) is 9.79. The van der Waals surface area contributed by atoms with Gasteiger partial charge in [0.15, 0.2) is 0 Å². The maximum Gasteiger partial charge on any atom is 0.514 e. The molecule has 1 unspecified atom stereocenters. The monoisotopic (exact) mass is 390 g/mol. The second kappa shape index (κ2) is 7.32. The van der Waals surface area contributed by atoms with Crippen LogP contribution >= 0.6 is 0 Å². The number of rotatable bonds is 2. The number of aromatic nitrogens is 1. The highest BCUT2D eigenvalue weighted by Crippen LogP contribution is 2.36. The normalized spacial score (nSPS) is 24.3. The van der Waals surface area contributed by atoms with Gasteiger partial charge in [0.05, 0.1) is 29.9 Å². The second-order valence-electron chi connectivity index (χ2n) is 9.39. The number of carbonyl (C=O) groups is 1. The first-order valence-electron chi connectivity index (χ1n) is 9.79. The molecule has 154 valence electrons. The number of ether oxygens (including phenoxy) is 2. The maximum absolute atomic E-state index is 12.3. The topological polar surface area (TPSA) is 70.1 Å². The van der Waals surface area contributed by atoms with Crippen molar-refractivity contribution in [2.45, 2.75) is 71.4 Å². The standard InChI is InChI=1S/C20H31BN2O5/c1-18(2,3)26-17(24)23-10-11-25-15(13-23)14-8-9-16(22-12-14)21-27-19(4,5)20(6,7)28-21/h8-9,12,15H,10-11,13H2,1-7H3. The molecular formula is C20H31BN2O5. The van der Waals surface area contributed by atoms with Crippen LogP contribution in [0.1, 0.15) is 60.1 Å². The molecule has 0 radical (unpaired) electrons. The Morgan fingerprint density at radius 3 is 2.39 bits per heavy atom. The first-order chi connectivity index (χ1) is 12.9. The molecule has 3 rings (SSSR count). The summed E-state index contributed by atoms with van der Waals surface area (Å²) >= 11 is 0. The zero-order valence-electron chi connectivity index (χ0n) is 17.9. The molecule has 0 spiro atoms. The van der Waals surface area contributed by atoms with Gasteiger partial charge >= 0.3 is 13.2 Å². The van der Waals surface area contributed by atoms with E-state index in [0.717, 1.165) is 11.2 Å². The molecule has 3 heterocycles. The third-order valence-corrected chi connectivity index (χ3v) is 5.39. The van der Waals surface area contributed by atoms with Crippen molar-refractivity contribution in [1.82, 2.24) is 9.88 Å². The zero-order chi connectivity index (χ0) is 20.7. The Morgan fingerprint density at radius 1 is 1.21 bits per heavy atom. The SMILES string of the molecule is CC(C)(C)OC(=O)N1CCOC(c2ccc(B3OC(C)(C)C(C)(C)O3)nc2)C1. The average Bonchev–Trinajstić information content (AvgIpc) is 2.81. The van der Waals surface area contributed by atoms with Crippen LogP contribution in [0.2, 0.25) is 0 Å². The van der Waals surface area contributed by atoms with Crippen LogP contribution in [0.15, 0.2) is 18.3 Å². The van der Waals surface area contributed by atoms with Gasteiger partial charge < -0.3 is 23.7 Å². The van der Waals surface area contributed by atoms with Gasteiger partial charge in [0.25, 0.3) is 0 Å². The van der Waals surface area contributed by atoms with Crippen LogP contribution in [-0.2, 0) is 18.8 Å². The molecule has 2 aliphatic heterocycles. The zero-order valence-corrected chi connectivity index (χ0v) is 17.9. The molecule has 8 heteroatoms. The van der Waals surface area contributed by atoms with Gasteiger partial charge in [-0.1, -0.05) is 6.07 Å². The molecule has 0 N–H and O–H groups in total. The highest BCUT2D eigenvalue weighted by molar-refractivity contribution is 6.61. The molecule has 1 aromatic rings. The fourth-order valence-corrected chi connectivity index (χ4v) is 3.05. The van der Waals surface area contributed by atoms with Gasteiger partial charge in [-0.3, -0.25) is 4.98 Å². The largest absolute Gasteiger partial charge is 0.514 e. The molecular weight excluding hydrogens is 359 g/mol. The van der Waals surface area contributed by atoms with Gasteiger partial charge in [-0.15, -0.1) is 0 Å². The van der Waals surface area contributed by atoms with Gasteiger partial charge in [-0.05, 0) is 54.5 Å². The third kappa shape index (κ3) is 4.50. The van der Waals surface area contributed by atoms with E-state index in [1.807, 2.05) is 60.6 Å². The molecule has 2 aliphatic rings. The Labute approximate surface area is 167 Å². The van der Waals surface area contributed by atoms with Gasteiger partial charge in [0.2, 0.25) is 0 Å². The van der Waals surface area contributed by atoms with Crippen LogP contribution in [0.5, 0.6) is 0 Å². The Morgan fingerprint density at radius 2 is 1.86 bits per heavy atom. The highest BCUT2D eigenvalue weighted by atomic mass is 16.7. The molecule has 0 bridgehead atoms. The minimum atomic E-state index is -0.517. The molecule has 1 atom stereocenters. The van der Waals surface area contributed by atoms with E-state index in [1.165, 1.54) is 0 Å². The van der Waals surface area contributed by atoms with Crippen LogP contribution < -0.4 is 5.59 Å². The van der Waals surface area contributed by atoms with E-state index in [-0.39, 0.29) is 12.2 Å². The lowest BCUT2D eigenvalue weighted by Gasteiger charge is -2.34. The molecule has 1 aromatic heterocycles. The smallest absolute Gasteiger partial charge is 0.444 e. The molecule has 7 nitrogen and oxygen atoms in total. The summed E-state index contributed by atoms with van der Waals surface area (Å²) in [6.45, 7) is 15.1. The second-order valence-corrected chi connectivity index (χ2v) is 9.39. The molecule has 2 saturated heterocycles. The third-order valence-electron chi connectivity index (χ3n) is 5.39. The van der Waals surface area contributed by atoms with Gasteiger partial charge in [0, 0.05) is 18.3 Å². The quantitative estimate of drug-likeness (QED) is 0.724. The van der Waals surface area contributed by atoms with Crippen LogP contribution in [-0.4, -0.2) is 59.6 Å². The van der Waals surface area contributed by atoms with Crippen molar-refractivity contribution < 1.29 is 23.6 Å². The predicted octanol–water partition coefficient (Wildman–Crippen LogP) is 2.69. The van der Waals surface area contributed by atoms with E-state index in [4.69, 9.17) is 18.8 Å². The molecule has 2 fully saturated rings. The molecule has 1 amide bonds. The lowest BCUT2D eigenvalue weighted by Crippen LogP contribution is -2.44. The summed E-state index contributed by atoms with van der Waals surface area (Å²) in [6.07, 6.45) is 1.22. The number of hydrogen-bond acceptors (Lipinski definition) is 6. The van der Waals surface area contributed by atoms with Crippen molar-refractivity contribution in [2.24, 2.45) is 0 Å². The van der Waals surface area contributed by atoms with E-state index in [2.05, 4.69) is 4.98 Å². The first kappa shape index (κ1) is 21.1. The Bertz CT molecular complexity index is 698. The number of morpholine rings is 1. The Balaban J connectivity index is 1.66. The van der Waals surface area contributed by atoms with E-state index < -0.39 is 23.9 Å². The van der Waals surface area contributed by atoms with E-state index in [9.17, 15) is 4.79 Å². The van der Waals surface area contributed by atoms with Gasteiger partial charge in [0.1, 0.15) is 11.7 Å². The van der Waals surface area contributed by atoms with Crippen molar-refractivity contribution >= 4 is 18.8 Å². The Kier molecular flexibility index (Phi) is 5.51. The van der Waals surface area contributed by atoms with Crippen molar-refractivity contribution in [3.63, 3.8) is 0 Å². The summed E-state index contributed by atoms with van der Waals surface area (Å²) in [7, 11) is -0.496. The summed E-state index contributed by atoms with van der Waals surface area (Å²) < 4.78 is 23.4.